The van der Waals surface area contributed by atoms with Gasteiger partial charge in [-0.1, -0.05) is 28.1 Å². The number of nitrogens with one attached hydrogen (secondary N) is 1. The van der Waals surface area contributed by atoms with E-state index in [0.717, 1.165) is 23.3 Å². The zero-order valence-corrected chi connectivity index (χ0v) is 11.5. The van der Waals surface area contributed by atoms with E-state index in [4.69, 9.17) is 5.73 Å². The Morgan fingerprint density at radius 2 is 1.94 bits per heavy atom. The highest BCUT2D eigenvalue weighted by molar-refractivity contribution is 9.10. The van der Waals surface area contributed by atoms with Crippen molar-refractivity contribution in [3.8, 4) is 0 Å². The molecule has 0 aliphatic rings. The Labute approximate surface area is 115 Å². The molecule has 94 valence electrons. The second-order valence-electron chi connectivity index (χ2n) is 3.95. The van der Waals surface area contributed by atoms with Crippen LogP contribution in [0.5, 0.6) is 0 Å². The summed E-state index contributed by atoms with van der Waals surface area (Å²) in [5.41, 5.74) is 6.89. The van der Waals surface area contributed by atoms with Gasteiger partial charge in [0.25, 0.3) is 0 Å². The summed E-state index contributed by atoms with van der Waals surface area (Å²) in [6.07, 6.45) is 2.66. The van der Waals surface area contributed by atoms with Crippen molar-refractivity contribution in [1.82, 2.24) is 15.3 Å². The molecule has 0 radical (unpaired) electrons. The number of aromatic nitrogens is 2. The third-order valence-electron chi connectivity index (χ3n) is 2.51. The van der Waals surface area contributed by atoms with Crippen LogP contribution in [0.4, 0.5) is 5.82 Å². The molecule has 18 heavy (non-hydrogen) atoms. The van der Waals surface area contributed by atoms with E-state index in [1.165, 1.54) is 5.56 Å². The quantitative estimate of drug-likeness (QED) is 0.831. The lowest BCUT2D eigenvalue weighted by Crippen LogP contribution is -2.18. The number of benzene rings is 1. The Bertz CT molecular complexity index is 499. The van der Waals surface area contributed by atoms with Crippen molar-refractivity contribution in [3.05, 3.63) is 52.4 Å². The van der Waals surface area contributed by atoms with Crippen molar-refractivity contribution in [2.24, 2.45) is 0 Å². The van der Waals surface area contributed by atoms with E-state index in [2.05, 4.69) is 55.5 Å². The summed E-state index contributed by atoms with van der Waals surface area (Å²) in [5, 5.41) is 3.30. The van der Waals surface area contributed by atoms with Gasteiger partial charge in [0.05, 0.1) is 6.54 Å². The maximum absolute atomic E-state index is 5.58. The molecule has 0 saturated carbocycles. The molecular weight excluding hydrogens is 292 g/mol. The van der Waals surface area contributed by atoms with Gasteiger partial charge in [0.15, 0.2) is 0 Å². The van der Waals surface area contributed by atoms with Gasteiger partial charge in [0, 0.05) is 10.7 Å². The smallest absolute Gasteiger partial charge is 0.144 e. The standard InChI is InChI=1S/C13H15BrN4/c14-11-3-1-10(2-4-11)5-7-16-9-13-17-8-6-12(15)18-13/h1-4,6,8,16H,5,7,9H2,(H2,15,17,18). The molecule has 0 unspecified atom stereocenters. The van der Waals surface area contributed by atoms with Gasteiger partial charge >= 0.3 is 0 Å². The van der Waals surface area contributed by atoms with Crippen molar-refractivity contribution < 1.29 is 0 Å². The van der Waals surface area contributed by atoms with Gasteiger partial charge in [-0.3, -0.25) is 0 Å². The molecule has 1 aromatic carbocycles. The van der Waals surface area contributed by atoms with Crippen LogP contribution in [-0.2, 0) is 13.0 Å². The van der Waals surface area contributed by atoms with Crippen LogP contribution >= 0.6 is 15.9 Å². The van der Waals surface area contributed by atoms with Crippen molar-refractivity contribution in [2.45, 2.75) is 13.0 Å². The van der Waals surface area contributed by atoms with Crippen LogP contribution in [0.3, 0.4) is 0 Å². The summed E-state index contributed by atoms with van der Waals surface area (Å²) in [4.78, 5) is 8.26. The second-order valence-corrected chi connectivity index (χ2v) is 4.87. The van der Waals surface area contributed by atoms with Crippen molar-refractivity contribution in [2.75, 3.05) is 12.3 Å². The number of hydrogen-bond acceptors (Lipinski definition) is 4. The Morgan fingerprint density at radius 3 is 2.67 bits per heavy atom. The van der Waals surface area contributed by atoms with E-state index in [1.54, 1.807) is 12.3 Å². The largest absolute Gasteiger partial charge is 0.384 e. The molecular formula is C13H15BrN4. The molecule has 0 aliphatic carbocycles. The molecule has 1 heterocycles. The molecule has 0 bridgehead atoms. The fraction of sp³-hybridized carbons (Fsp3) is 0.231. The molecule has 1 aromatic heterocycles. The molecule has 0 fully saturated rings. The van der Waals surface area contributed by atoms with Gasteiger partial charge in [-0.2, -0.15) is 0 Å². The Kier molecular flexibility index (Phi) is 4.66. The zero-order valence-electron chi connectivity index (χ0n) is 9.94. The van der Waals surface area contributed by atoms with E-state index >= 15 is 0 Å². The van der Waals surface area contributed by atoms with Gasteiger partial charge in [-0.25, -0.2) is 9.97 Å². The molecule has 3 N–H and O–H groups in total. The summed E-state index contributed by atoms with van der Waals surface area (Å²) in [6.45, 7) is 1.53. The normalized spacial score (nSPS) is 10.5. The van der Waals surface area contributed by atoms with E-state index in [9.17, 15) is 0 Å². The van der Waals surface area contributed by atoms with Gasteiger partial charge < -0.3 is 11.1 Å². The maximum atomic E-state index is 5.58. The predicted octanol–water partition coefficient (Wildman–Crippen LogP) is 2.15. The van der Waals surface area contributed by atoms with Crippen LogP contribution in [0.2, 0.25) is 0 Å². The van der Waals surface area contributed by atoms with Gasteiger partial charge in [-0.05, 0) is 36.7 Å². The molecule has 2 aromatic rings. The number of halogens is 1. The average Bonchev–Trinajstić information content (AvgIpc) is 2.37. The van der Waals surface area contributed by atoms with Crippen LogP contribution in [-0.4, -0.2) is 16.5 Å². The highest BCUT2D eigenvalue weighted by Gasteiger charge is 1.97. The first kappa shape index (κ1) is 13.0. The third-order valence-corrected chi connectivity index (χ3v) is 3.04. The van der Waals surface area contributed by atoms with Crippen LogP contribution in [0, 0.1) is 0 Å². The van der Waals surface area contributed by atoms with E-state index < -0.39 is 0 Å². The monoisotopic (exact) mass is 306 g/mol. The summed E-state index contributed by atoms with van der Waals surface area (Å²) in [7, 11) is 0. The van der Waals surface area contributed by atoms with E-state index in [0.29, 0.717) is 12.4 Å². The second kappa shape index (κ2) is 6.47. The first-order chi connectivity index (χ1) is 8.74. The molecule has 0 spiro atoms. The highest BCUT2D eigenvalue weighted by Crippen LogP contribution is 2.10. The first-order valence-electron chi connectivity index (χ1n) is 5.76. The highest BCUT2D eigenvalue weighted by atomic mass is 79.9. The lowest BCUT2D eigenvalue weighted by Gasteiger charge is -2.04. The summed E-state index contributed by atoms with van der Waals surface area (Å²) >= 11 is 3.42. The summed E-state index contributed by atoms with van der Waals surface area (Å²) in [6, 6.07) is 10.0. The number of rotatable bonds is 5. The Hall–Kier alpha value is -1.46. The number of nitrogens with two attached hydrogens (primary N) is 1. The van der Waals surface area contributed by atoms with E-state index in [1.807, 2.05) is 0 Å². The summed E-state index contributed by atoms with van der Waals surface area (Å²) in [5.74, 6) is 1.24. The number of anilines is 1. The first-order valence-corrected chi connectivity index (χ1v) is 6.56. The molecule has 0 atom stereocenters. The van der Waals surface area contributed by atoms with Gasteiger partial charge in [0.1, 0.15) is 11.6 Å². The van der Waals surface area contributed by atoms with Crippen LogP contribution in [0.15, 0.2) is 41.0 Å². The topological polar surface area (TPSA) is 63.8 Å². The lowest BCUT2D eigenvalue weighted by atomic mass is 10.1. The van der Waals surface area contributed by atoms with Crippen LogP contribution in [0.1, 0.15) is 11.4 Å². The minimum absolute atomic E-state index is 0.509. The summed E-state index contributed by atoms with van der Waals surface area (Å²) < 4.78 is 1.10. The van der Waals surface area contributed by atoms with Crippen molar-refractivity contribution >= 4 is 21.7 Å². The fourth-order valence-electron chi connectivity index (χ4n) is 1.58. The van der Waals surface area contributed by atoms with Gasteiger partial charge in [-0.15, -0.1) is 0 Å². The number of nitrogens with zero attached hydrogens (tertiary/aromatic N) is 2. The Balaban J connectivity index is 1.74. The molecule has 5 heteroatoms. The van der Waals surface area contributed by atoms with Crippen LogP contribution < -0.4 is 11.1 Å². The average molecular weight is 307 g/mol. The molecule has 0 saturated heterocycles. The lowest BCUT2D eigenvalue weighted by molar-refractivity contribution is 0.660. The SMILES string of the molecule is Nc1ccnc(CNCCc2ccc(Br)cc2)n1. The third kappa shape index (κ3) is 4.09. The van der Waals surface area contributed by atoms with E-state index in [-0.39, 0.29) is 0 Å². The molecule has 4 nitrogen and oxygen atoms in total. The fourth-order valence-corrected chi connectivity index (χ4v) is 1.85. The zero-order chi connectivity index (χ0) is 12.8. The number of nitrogen functional groups attached to an aromatic ring is 1. The predicted molar refractivity (Wildman–Crippen MR) is 76.0 cm³/mol. The minimum atomic E-state index is 0.509. The molecule has 2 rings (SSSR count). The number of hydrogen-bond donors (Lipinski definition) is 2. The van der Waals surface area contributed by atoms with Gasteiger partial charge in [0.2, 0.25) is 0 Å². The molecule has 0 amide bonds. The van der Waals surface area contributed by atoms with Crippen molar-refractivity contribution in [3.63, 3.8) is 0 Å². The minimum Gasteiger partial charge on any atom is -0.384 e. The maximum Gasteiger partial charge on any atom is 0.144 e. The van der Waals surface area contributed by atoms with Crippen LogP contribution in [0.25, 0.3) is 0 Å². The van der Waals surface area contributed by atoms with Crippen molar-refractivity contribution in [1.29, 1.82) is 0 Å². The molecule has 0 aliphatic heterocycles. The Morgan fingerprint density at radius 1 is 1.17 bits per heavy atom.